The molecule has 0 atom stereocenters. The molecular weight excluding hydrogens is 144 g/mol. The fraction of sp³-hybridized carbons (Fsp3) is 1.00. The first kappa shape index (κ1) is 8.37. The summed E-state index contributed by atoms with van der Waals surface area (Å²) in [6.07, 6.45) is 0. The van der Waals surface area contributed by atoms with Crippen molar-refractivity contribution in [1.29, 1.82) is 0 Å². The molecule has 0 saturated carbocycles. The largest absolute Gasteiger partial charge is 0.291 e. The van der Waals surface area contributed by atoms with Crippen molar-refractivity contribution in [3.63, 3.8) is 0 Å². The number of hydrogen-bond donors (Lipinski definition) is 3. The summed E-state index contributed by atoms with van der Waals surface area (Å²) in [5.74, 6) is 0. The molecule has 0 aromatic carbocycles. The van der Waals surface area contributed by atoms with Gasteiger partial charge in [0.2, 0.25) is 0 Å². The van der Waals surface area contributed by atoms with E-state index in [-0.39, 0.29) is 4.99 Å². The number of thiol groups is 1. The Hall–Kier alpha value is 0.270. The van der Waals surface area contributed by atoms with E-state index in [1.165, 1.54) is 0 Å². The van der Waals surface area contributed by atoms with Crippen LogP contribution >= 0.6 is 12.6 Å². The molecule has 0 bridgehead atoms. The lowest BCUT2D eigenvalue weighted by Gasteiger charge is -2.40. The molecule has 0 spiro atoms. The van der Waals surface area contributed by atoms with E-state index in [1.807, 2.05) is 6.92 Å². The van der Waals surface area contributed by atoms with Crippen LogP contribution in [-0.4, -0.2) is 18.1 Å². The molecule has 1 aliphatic heterocycles. The quantitative estimate of drug-likeness (QED) is 0.457. The summed E-state index contributed by atoms with van der Waals surface area (Å²) < 4.78 is 0. The molecule has 1 saturated heterocycles. The van der Waals surface area contributed by atoms with Gasteiger partial charge in [-0.15, -0.1) is 12.6 Å². The van der Waals surface area contributed by atoms with Gasteiger partial charge in [0.05, 0.1) is 0 Å². The minimum atomic E-state index is -0.171. The average Bonchev–Trinajstić information content (AvgIpc) is 1.79. The molecular formula is C7H16N2S. The highest BCUT2D eigenvalue weighted by Crippen LogP contribution is 2.20. The van der Waals surface area contributed by atoms with Crippen molar-refractivity contribution in [2.75, 3.05) is 13.1 Å². The molecule has 0 aliphatic carbocycles. The van der Waals surface area contributed by atoms with Crippen molar-refractivity contribution in [2.24, 2.45) is 5.41 Å². The Morgan fingerprint density at radius 2 is 1.50 bits per heavy atom. The zero-order valence-electron chi connectivity index (χ0n) is 6.86. The summed E-state index contributed by atoms with van der Waals surface area (Å²) in [6, 6.07) is 0. The molecule has 2 N–H and O–H groups in total. The molecule has 0 amide bonds. The Balaban J connectivity index is 2.46. The summed E-state index contributed by atoms with van der Waals surface area (Å²) in [5.41, 5.74) is 0.363. The minimum absolute atomic E-state index is 0.171. The second-order valence-electron chi connectivity index (χ2n) is 3.94. The predicted octanol–water partition coefficient (Wildman–Crippen LogP) is 0.809. The van der Waals surface area contributed by atoms with Gasteiger partial charge in [-0.25, -0.2) is 0 Å². The van der Waals surface area contributed by atoms with E-state index < -0.39 is 0 Å². The smallest absolute Gasteiger partial charge is 0.111 e. The van der Waals surface area contributed by atoms with Crippen LogP contribution in [0.25, 0.3) is 0 Å². The topological polar surface area (TPSA) is 24.1 Å². The van der Waals surface area contributed by atoms with Crippen molar-refractivity contribution in [3.8, 4) is 0 Å². The van der Waals surface area contributed by atoms with E-state index in [4.69, 9.17) is 0 Å². The second kappa shape index (κ2) is 2.40. The van der Waals surface area contributed by atoms with Crippen LogP contribution in [0.1, 0.15) is 20.8 Å². The van der Waals surface area contributed by atoms with Crippen LogP contribution in [-0.2, 0) is 0 Å². The first-order valence-corrected chi connectivity index (χ1v) is 4.09. The van der Waals surface area contributed by atoms with Gasteiger partial charge in [0.25, 0.3) is 0 Å². The van der Waals surface area contributed by atoms with Crippen molar-refractivity contribution >= 4 is 12.6 Å². The van der Waals surface area contributed by atoms with Crippen molar-refractivity contribution in [3.05, 3.63) is 0 Å². The summed E-state index contributed by atoms with van der Waals surface area (Å²) in [7, 11) is 0. The molecule has 0 aromatic rings. The lowest BCUT2D eigenvalue weighted by molar-refractivity contribution is 0.210. The summed E-state index contributed by atoms with van der Waals surface area (Å²) in [6.45, 7) is 8.55. The van der Waals surface area contributed by atoms with Gasteiger partial charge in [-0.05, 0) is 12.3 Å². The maximum atomic E-state index is 4.37. The van der Waals surface area contributed by atoms with E-state index in [2.05, 4.69) is 37.1 Å². The van der Waals surface area contributed by atoms with E-state index in [0.29, 0.717) is 5.41 Å². The molecule has 1 rings (SSSR count). The monoisotopic (exact) mass is 160 g/mol. The van der Waals surface area contributed by atoms with Crippen LogP contribution in [0.4, 0.5) is 0 Å². The zero-order chi connectivity index (χ0) is 7.83. The third kappa shape index (κ3) is 2.15. The minimum Gasteiger partial charge on any atom is -0.291 e. The highest BCUT2D eigenvalue weighted by atomic mass is 32.1. The third-order valence-electron chi connectivity index (χ3n) is 1.82. The number of hydrogen-bond acceptors (Lipinski definition) is 3. The van der Waals surface area contributed by atoms with Crippen LogP contribution < -0.4 is 10.6 Å². The highest BCUT2D eigenvalue weighted by Gasteiger charge is 2.30. The molecule has 10 heavy (non-hydrogen) atoms. The lowest BCUT2D eigenvalue weighted by Crippen LogP contribution is -2.61. The van der Waals surface area contributed by atoms with Crippen LogP contribution in [0.15, 0.2) is 0 Å². The predicted molar refractivity (Wildman–Crippen MR) is 47.2 cm³/mol. The average molecular weight is 160 g/mol. The van der Waals surface area contributed by atoms with E-state index in [9.17, 15) is 0 Å². The van der Waals surface area contributed by atoms with Gasteiger partial charge < -0.3 is 0 Å². The number of rotatable bonds is 0. The molecule has 1 heterocycles. The maximum Gasteiger partial charge on any atom is 0.111 e. The summed E-state index contributed by atoms with van der Waals surface area (Å²) >= 11 is 4.37. The molecule has 0 radical (unpaired) electrons. The van der Waals surface area contributed by atoms with E-state index in [0.717, 1.165) is 13.1 Å². The second-order valence-corrected chi connectivity index (χ2v) is 4.84. The first-order chi connectivity index (χ1) is 4.41. The van der Waals surface area contributed by atoms with E-state index >= 15 is 0 Å². The van der Waals surface area contributed by atoms with Gasteiger partial charge in [0, 0.05) is 13.1 Å². The van der Waals surface area contributed by atoms with Crippen LogP contribution in [0, 0.1) is 5.41 Å². The van der Waals surface area contributed by atoms with Gasteiger partial charge in [-0.2, -0.15) is 0 Å². The Labute approximate surface area is 68.2 Å². The molecule has 0 unspecified atom stereocenters. The Morgan fingerprint density at radius 3 is 1.80 bits per heavy atom. The highest BCUT2D eigenvalue weighted by molar-refractivity contribution is 7.81. The molecule has 3 heteroatoms. The lowest BCUT2D eigenvalue weighted by atomic mass is 9.91. The molecule has 0 aromatic heterocycles. The molecule has 1 aliphatic rings. The molecule has 60 valence electrons. The van der Waals surface area contributed by atoms with Crippen molar-refractivity contribution in [1.82, 2.24) is 10.6 Å². The Kier molecular flexibility index (Phi) is 2.00. The van der Waals surface area contributed by atoms with Crippen LogP contribution in [0.3, 0.4) is 0 Å². The van der Waals surface area contributed by atoms with Gasteiger partial charge >= 0.3 is 0 Å². The molecule has 2 nitrogen and oxygen atoms in total. The van der Waals surface area contributed by atoms with Crippen LogP contribution in [0.5, 0.6) is 0 Å². The SMILES string of the molecule is CC1(C)CNC(C)(S)NC1. The summed E-state index contributed by atoms with van der Waals surface area (Å²) in [4.78, 5) is -0.171. The normalized spacial score (nSPS) is 30.0. The van der Waals surface area contributed by atoms with E-state index in [1.54, 1.807) is 0 Å². The fourth-order valence-corrected chi connectivity index (χ4v) is 1.11. The van der Waals surface area contributed by atoms with Crippen molar-refractivity contribution < 1.29 is 0 Å². The van der Waals surface area contributed by atoms with Gasteiger partial charge in [0.15, 0.2) is 0 Å². The van der Waals surface area contributed by atoms with Gasteiger partial charge in [0.1, 0.15) is 4.99 Å². The zero-order valence-corrected chi connectivity index (χ0v) is 7.76. The van der Waals surface area contributed by atoms with Gasteiger partial charge in [-0.1, -0.05) is 13.8 Å². The third-order valence-corrected chi connectivity index (χ3v) is 2.14. The van der Waals surface area contributed by atoms with Crippen molar-refractivity contribution in [2.45, 2.75) is 25.8 Å². The maximum absolute atomic E-state index is 4.37. The van der Waals surface area contributed by atoms with Gasteiger partial charge in [-0.3, -0.25) is 10.6 Å². The number of nitrogens with one attached hydrogen (secondary N) is 2. The fourth-order valence-electron chi connectivity index (χ4n) is 0.948. The Bertz CT molecular complexity index is 104. The van der Waals surface area contributed by atoms with Crippen LogP contribution in [0.2, 0.25) is 0 Å². The molecule has 1 fully saturated rings. The standard InChI is InChI=1S/C7H16N2S/c1-6(2)4-8-7(3,10)9-5-6/h8-10H,4-5H2,1-3H3. The first-order valence-electron chi connectivity index (χ1n) is 3.64. The summed E-state index contributed by atoms with van der Waals surface area (Å²) in [5, 5.41) is 6.60. The Morgan fingerprint density at radius 1 is 1.10 bits per heavy atom.